The molecule has 2 amide bonds. The molecule has 2 N–H and O–H groups in total. The van der Waals surface area contributed by atoms with E-state index in [1.807, 2.05) is 6.92 Å². The molecule has 0 aromatic heterocycles. The van der Waals surface area contributed by atoms with Gasteiger partial charge in [0.25, 0.3) is 0 Å². The SMILES string of the molecule is CCCN1CC(=O)N(CCC2CCCC2N)CC1=O. The van der Waals surface area contributed by atoms with Gasteiger partial charge in [-0.1, -0.05) is 13.3 Å². The molecular weight excluding hydrogens is 242 g/mol. The summed E-state index contributed by atoms with van der Waals surface area (Å²) in [5, 5.41) is 0. The Balaban J connectivity index is 1.81. The van der Waals surface area contributed by atoms with E-state index in [2.05, 4.69) is 0 Å². The third kappa shape index (κ3) is 3.47. The van der Waals surface area contributed by atoms with Gasteiger partial charge in [-0.2, -0.15) is 0 Å². The second-order valence-corrected chi connectivity index (χ2v) is 5.77. The van der Waals surface area contributed by atoms with E-state index in [1.54, 1.807) is 9.80 Å². The van der Waals surface area contributed by atoms with Crippen LogP contribution in [-0.4, -0.2) is 53.8 Å². The topological polar surface area (TPSA) is 66.6 Å². The Morgan fingerprint density at radius 1 is 1.11 bits per heavy atom. The van der Waals surface area contributed by atoms with Gasteiger partial charge in [-0.25, -0.2) is 0 Å². The van der Waals surface area contributed by atoms with Crippen LogP contribution in [0.2, 0.25) is 0 Å². The molecule has 5 nitrogen and oxygen atoms in total. The molecule has 0 bridgehead atoms. The first-order valence-electron chi connectivity index (χ1n) is 7.43. The monoisotopic (exact) mass is 267 g/mol. The van der Waals surface area contributed by atoms with E-state index >= 15 is 0 Å². The van der Waals surface area contributed by atoms with Gasteiger partial charge in [-0.15, -0.1) is 0 Å². The fourth-order valence-electron chi connectivity index (χ4n) is 3.13. The zero-order chi connectivity index (χ0) is 13.8. The summed E-state index contributed by atoms with van der Waals surface area (Å²) in [6.07, 6.45) is 5.30. The Hall–Kier alpha value is -1.10. The van der Waals surface area contributed by atoms with Crippen molar-refractivity contribution < 1.29 is 9.59 Å². The number of rotatable bonds is 5. The van der Waals surface area contributed by atoms with E-state index in [-0.39, 0.29) is 30.9 Å². The van der Waals surface area contributed by atoms with Crippen LogP contribution < -0.4 is 5.73 Å². The number of nitrogens with zero attached hydrogens (tertiary/aromatic N) is 2. The maximum absolute atomic E-state index is 12.0. The van der Waals surface area contributed by atoms with E-state index in [0.29, 0.717) is 19.0 Å². The van der Waals surface area contributed by atoms with Crippen molar-refractivity contribution in [2.24, 2.45) is 11.7 Å². The molecule has 108 valence electrons. The van der Waals surface area contributed by atoms with E-state index in [4.69, 9.17) is 5.73 Å². The molecule has 2 atom stereocenters. The minimum Gasteiger partial charge on any atom is -0.332 e. The third-order valence-electron chi connectivity index (χ3n) is 4.34. The lowest BCUT2D eigenvalue weighted by molar-refractivity contribution is -0.150. The molecule has 1 saturated carbocycles. The average Bonchev–Trinajstić information content (AvgIpc) is 2.78. The van der Waals surface area contributed by atoms with Crippen molar-refractivity contribution in [3.8, 4) is 0 Å². The third-order valence-corrected chi connectivity index (χ3v) is 4.34. The van der Waals surface area contributed by atoms with E-state index < -0.39 is 0 Å². The predicted octanol–water partition coefficient (Wildman–Crippen LogP) is 0.585. The molecule has 5 heteroatoms. The average molecular weight is 267 g/mol. The molecule has 1 saturated heterocycles. The Bertz CT molecular complexity index is 346. The van der Waals surface area contributed by atoms with Crippen LogP contribution >= 0.6 is 0 Å². The van der Waals surface area contributed by atoms with Crippen LogP contribution in [0.4, 0.5) is 0 Å². The molecule has 1 aliphatic heterocycles. The van der Waals surface area contributed by atoms with Gasteiger partial charge in [0.05, 0.1) is 13.1 Å². The van der Waals surface area contributed by atoms with Crippen molar-refractivity contribution in [3.63, 3.8) is 0 Å². The molecule has 2 fully saturated rings. The molecule has 1 heterocycles. The van der Waals surface area contributed by atoms with Gasteiger partial charge in [-0.3, -0.25) is 9.59 Å². The Morgan fingerprint density at radius 2 is 1.74 bits per heavy atom. The summed E-state index contributed by atoms with van der Waals surface area (Å²) in [5.74, 6) is 0.688. The quantitative estimate of drug-likeness (QED) is 0.792. The van der Waals surface area contributed by atoms with Gasteiger partial charge < -0.3 is 15.5 Å². The first kappa shape index (κ1) is 14.3. The van der Waals surface area contributed by atoms with Crippen LogP contribution in [0.25, 0.3) is 0 Å². The maximum atomic E-state index is 12.0. The highest BCUT2D eigenvalue weighted by Crippen LogP contribution is 2.27. The fraction of sp³-hybridized carbons (Fsp3) is 0.857. The van der Waals surface area contributed by atoms with Crippen LogP contribution in [0, 0.1) is 5.92 Å². The molecule has 2 aliphatic rings. The predicted molar refractivity (Wildman–Crippen MR) is 73.4 cm³/mol. The van der Waals surface area contributed by atoms with Gasteiger partial charge in [0, 0.05) is 19.1 Å². The van der Waals surface area contributed by atoms with E-state index in [1.165, 1.54) is 12.8 Å². The van der Waals surface area contributed by atoms with Crippen molar-refractivity contribution in [3.05, 3.63) is 0 Å². The number of amides is 2. The van der Waals surface area contributed by atoms with Crippen molar-refractivity contribution in [2.75, 3.05) is 26.2 Å². The zero-order valence-corrected chi connectivity index (χ0v) is 11.8. The Morgan fingerprint density at radius 3 is 2.26 bits per heavy atom. The van der Waals surface area contributed by atoms with Crippen molar-refractivity contribution >= 4 is 11.8 Å². The van der Waals surface area contributed by atoms with Gasteiger partial charge in [0.1, 0.15) is 0 Å². The Kier molecular flexibility index (Phi) is 4.80. The number of piperazine rings is 1. The van der Waals surface area contributed by atoms with Gasteiger partial charge >= 0.3 is 0 Å². The molecule has 0 aromatic rings. The van der Waals surface area contributed by atoms with Crippen LogP contribution in [-0.2, 0) is 9.59 Å². The largest absolute Gasteiger partial charge is 0.332 e. The van der Waals surface area contributed by atoms with Crippen LogP contribution in [0.15, 0.2) is 0 Å². The fourth-order valence-corrected chi connectivity index (χ4v) is 3.13. The Labute approximate surface area is 115 Å². The van der Waals surface area contributed by atoms with E-state index in [9.17, 15) is 9.59 Å². The highest BCUT2D eigenvalue weighted by molar-refractivity contribution is 5.92. The minimum atomic E-state index is 0.0807. The van der Waals surface area contributed by atoms with Crippen molar-refractivity contribution in [2.45, 2.75) is 45.1 Å². The standard InChI is InChI=1S/C14H25N3O2/c1-2-7-16-9-14(19)17(10-13(16)18)8-6-11-4-3-5-12(11)15/h11-12H,2-10,15H2,1H3. The highest BCUT2D eigenvalue weighted by atomic mass is 16.2. The zero-order valence-electron chi connectivity index (χ0n) is 11.8. The highest BCUT2D eigenvalue weighted by Gasteiger charge is 2.30. The molecule has 2 unspecified atom stereocenters. The number of nitrogens with two attached hydrogens (primary N) is 1. The molecule has 0 spiro atoms. The summed E-state index contributed by atoms with van der Waals surface area (Å²) in [7, 11) is 0. The summed E-state index contributed by atoms with van der Waals surface area (Å²) in [4.78, 5) is 27.3. The second kappa shape index (κ2) is 6.37. The lowest BCUT2D eigenvalue weighted by atomic mass is 10.00. The molecule has 1 aliphatic carbocycles. The smallest absolute Gasteiger partial charge is 0.242 e. The lowest BCUT2D eigenvalue weighted by Crippen LogP contribution is -2.54. The summed E-state index contributed by atoms with van der Waals surface area (Å²) in [6.45, 7) is 3.89. The number of hydrogen-bond acceptors (Lipinski definition) is 3. The molecule has 19 heavy (non-hydrogen) atoms. The van der Waals surface area contributed by atoms with Crippen molar-refractivity contribution in [1.82, 2.24) is 9.80 Å². The summed E-state index contributed by atoms with van der Waals surface area (Å²) in [5.41, 5.74) is 6.04. The molecular formula is C14H25N3O2. The summed E-state index contributed by atoms with van der Waals surface area (Å²) in [6, 6.07) is 0.284. The molecule has 0 aromatic carbocycles. The first-order chi connectivity index (χ1) is 9.11. The normalized spacial score (nSPS) is 28.3. The van der Waals surface area contributed by atoms with Gasteiger partial charge in [-0.05, 0) is 31.6 Å². The van der Waals surface area contributed by atoms with Crippen LogP contribution in [0.3, 0.4) is 0 Å². The minimum absolute atomic E-state index is 0.0807. The molecule has 0 radical (unpaired) electrons. The summed E-state index contributed by atoms with van der Waals surface area (Å²) >= 11 is 0. The maximum Gasteiger partial charge on any atom is 0.242 e. The lowest BCUT2D eigenvalue weighted by Gasteiger charge is -2.34. The van der Waals surface area contributed by atoms with Gasteiger partial charge in [0.2, 0.25) is 11.8 Å². The van der Waals surface area contributed by atoms with Crippen LogP contribution in [0.5, 0.6) is 0 Å². The van der Waals surface area contributed by atoms with Gasteiger partial charge in [0.15, 0.2) is 0 Å². The first-order valence-corrected chi connectivity index (χ1v) is 7.43. The number of carbonyl (C=O) groups is 2. The number of hydrogen-bond donors (Lipinski definition) is 1. The molecule has 2 rings (SSSR count). The van der Waals surface area contributed by atoms with E-state index in [0.717, 1.165) is 19.3 Å². The summed E-state index contributed by atoms with van der Waals surface area (Å²) < 4.78 is 0. The van der Waals surface area contributed by atoms with Crippen LogP contribution in [0.1, 0.15) is 39.0 Å². The second-order valence-electron chi connectivity index (χ2n) is 5.77. The van der Waals surface area contributed by atoms with Crippen molar-refractivity contribution in [1.29, 1.82) is 0 Å². The number of carbonyl (C=O) groups excluding carboxylic acids is 2.